The van der Waals surface area contributed by atoms with Crippen molar-refractivity contribution in [3.05, 3.63) is 28.8 Å². The minimum Gasteiger partial charge on any atom is -0.465 e. The first-order chi connectivity index (χ1) is 6.63. The molecule has 0 unspecified atom stereocenters. The number of aryl methyl sites for hydroxylation is 1. The normalized spacial score (nSPS) is 9.86. The number of rotatable bonds is 3. The summed E-state index contributed by atoms with van der Waals surface area (Å²) in [6, 6.07) is 4.98. The molecular formula is C9H9Cl2NO2. The summed E-state index contributed by atoms with van der Waals surface area (Å²) in [4.78, 5) is 10.3. The Balaban J connectivity index is 2.83. The van der Waals surface area contributed by atoms with Crippen LogP contribution < -0.4 is 5.32 Å². The second kappa shape index (κ2) is 5.08. The van der Waals surface area contributed by atoms with Crippen LogP contribution in [0.3, 0.4) is 0 Å². The molecule has 0 bridgehead atoms. The van der Waals surface area contributed by atoms with E-state index in [2.05, 4.69) is 5.32 Å². The summed E-state index contributed by atoms with van der Waals surface area (Å²) >= 11 is 11.5. The summed E-state index contributed by atoms with van der Waals surface area (Å²) in [5, 5.41) is 11.2. The SMILES string of the molecule is O=C(O)Nc1ccc(CCCl)c(Cl)c1. The van der Waals surface area contributed by atoms with E-state index >= 15 is 0 Å². The van der Waals surface area contributed by atoms with Crippen LogP contribution in [0.2, 0.25) is 5.02 Å². The molecule has 0 spiro atoms. The predicted molar refractivity (Wildman–Crippen MR) is 57.5 cm³/mol. The van der Waals surface area contributed by atoms with Gasteiger partial charge in [-0.3, -0.25) is 5.32 Å². The number of nitrogens with one attached hydrogen (secondary N) is 1. The van der Waals surface area contributed by atoms with Crippen LogP contribution >= 0.6 is 23.2 Å². The van der Waals surface area contributed by atoms with E-state index < -0.39 is 6.09 Å². The quantitative estimate of drug-likeness (QED) is 0.789. The molecule has 0 aliphatic heterocycles. The highest BCUT2D eigenvalue weighted by atomic mass is 35.5. The Bertz CT molecular complexity index is 342. The Kier molecular flexibility index (Phi) is 4.04. The van der Waals surface area contributed by atoms with Crippen molar-refractivity contribution in [2.45, 2.75) is 6.42 Å². The molecule has 0 heterocycles. The molecule has 1 aromatic rings. The largest absolute Gasteiger partial charge is 0.465 e. The van der Waals surface area contributed by atoms with Crippen LogP contribution in [-0.2, 0) is 6.42 Å². The van der Waals surface area contributed by atoms with Crippen LogP contribution in [0, 0.1) is 0 Å². The fourth-order valence-electron chi connectivity index (χ4n) is 1.05. The van der Waals surface area contributed by atoms with E-state index in [1.165, 1.54) is 0 Å². The van der Waals surface area contributed by atoms with Gasteiger partial charge in [0, 0.05) is 16.6 Å². The standard InChI is InChI=1S/C9H9Cl2NO2/c10-4-3-6-1-2-7(5-8(6)11)12-9(13)14/h1-2,5,12H,3-4H2,(H,13,14). The Morgan fingerprint density at radius 1 is 1.50 bits per heavy atom. The second-order valence-electron chi connectivity index (χ2n) is 2.68. The van der Waals surface area contributed by atoms with E-state index in [0.717, 1.165) is 5.56 Å². The van der Waals surface area contributed by atoms with Crippen molar-refractivity contribution in [2.24, 2.45) is 0 Å². The van der Waals surface area contributed by atoms with Crippen molar-refractivity contribution >= 4 is 35.0 Å². The van der Waals surface area contributed by atoms with Crippen LogP contribution in [0.15, 0.2) is 18.2 Å². The average Bonchev–Trinajstić information content (AvgIpc) is 2.09. The van der Waals surface area contributed by atoms with Gasteiger partial charge in [0.1, 0.15) is 0 Å². The van der Waals surface area contributed by atoms with Crippen molar-refractivity contribution in [3.8, 4) is 0 Å². The van der Waals surface area contributed by atoms with Crippen LogP contribution in [0.25, 0.3) is 0 Å². The van der Waals surface area contributed by atoms with Crippen molar-refractivity contribution < 1.29 is 9.90 Å². The molecule has 0 aliphatic rings. The van der Waals surface area contributed by atoms with Crippen LogP contribution in [0.1, 0.15) is 5.56 Å². The average molecular weight is 234 g/mol. The summed E-state index contributed by atoms with van der Waals surface area (Å²) in [5.74, 6) is 0.491. The zero-order chi connectivity index (χ0) is 10.6. The van der Waals surface area contributed by atoms with Crippen LogP contribution in [-0.4, -0.2) is 17.1 Å². The summed E-state index contributed by atoms with van der Waals surface area (Å²) in [7, 11) is 0. The third-order valence-electron chi connectivity index (χ3n) is 1.67. The zero-order valence-corrected chi connectivity index (χ0v) is 8.77. The smallest absolute Gasteiger partial charge is 0.409 e. The first-order valence-corrected chi connectivity index (χ1v) is 4.89. The van der Waals surface area contributed by atoms with Gasteiger partial charge in [-0.05, 0) is 24.1 Å². The van der Waals surface area contributed by atoms with Gasteiger partial charge in [0.05, 0.1) is 0 Å². The first kappa shape index (κ1) is 11.1. The molecule has 0 fully saturated rings. The number of amides is 1. The van der Waals surface area contributed by atoms with Crippen molar-refractivity contribution in [2.75, 3.05) is 11.2 Å². The van der Waals surface area contributed by atoms with Crippen LogP contribution in [0.4, 0.5) is 10.5 Å². The van der Waals surface area contributed by atoms with Gasteiger partial charge >= 0.3 is 6.09 Å². The minimum atomic E-state index is -1.11. The fraction of sp³-hybridized carbons (Fsp3) is 0.222. The van der Waals surface area contributed by atoms with E-state index in [1.54, 1.807) is 18.2 Å². The topological polar surface area (TPSA) is 49.3 Å². The molecular weight excluding hydrogens is 225 g/mol. The van der Waals surface area contributed by atoms with Gasteiger partial charge in [-0.15, -0.1) is 11.6 Å². The molecule has 0 aromatic heterocycles. The molecule has 0 saturated carbocycles. The lowest BCUT2D eigenvalue weighted by Gasteiger charge is -2.05. The molecule has 2 N–H and O–H groups in total. The second-order valence-corrected chi connectivity index (χ2v) is 3.46. The molecule has 0 saturated heterocycles. The Morgan fingerprint density at radius 2 is 2.21 bits per heavy atom. The van der Waals surface area contributed by atoms with Crippen molar-refractivity contribution in [1.82, 2.24) is 0 Å². The molecule has 3 nitrogen and oxygen atoms in total. The summed E-state index contributed by atoms with van der Waals surface area (Å²) in [6.07, 6.45) is -0.431. The highest BCUT2D eigenvalue weighted by molar-refractivity contribution is 6.31. The monoisotopic (exact) mass is 233 g/mol. The third-order valence-corrected chi connectivity index (χ3v) is 2.21. The summed E-state index contributed by atoms with van der Waals surface area (Å²) < 4.78 is 0. The lowest BCUT2D eigenvalue weighted by atomic mass is 10.1. The predicted octanol–water partition coefficient (Wildman–Crippen LogP) is 3.21. The molecule has 1 aromatic carbocycles. The highest BCUT2D eigenvalue weighted by Gasteiger charge is 2.03. The Morgan fingerprint density at radius 3 is 2.71 bits per heavy atom. The molecule has 5 heteroatoms. The molecule has 0 aliphatic carbocycles. The van der Waals surface area contributed by atoms with Gasteiger partial charge in [-0.25, -0.2) is 4.79 Å². The van der Waals surface area contributed by atoms with Crippen LogP contribution in [0.5, 0.6) is 0 Å². The fourth-order valence-corrected chi connectivity index (χ4v) is 1.53. The van der Waals surface area contributed by atoms with Gasteiger partial charge in [0.25, 0.3) is 0 Å². The van der Waals surface area contributed by atoms with E-state index in [1.807, 2.05) is 0 Å². The Labute approximate surface area is 91.6 Å². The van der Waals surface area contributed by atoms with Gasteiger partial charge in [0.2, 0.25) is 0 Å². The maximum absolute atomic E-state index is 10.3. The molecule has 76 valence electrons. The number of hydrogen-bond acceptors (Lipinski definition) is 1. The molecule has 14 heavy (non-hydrogen) atoms. The van der Waals surface area contributed by atoms with E-state index in [0.29, 0.717) is 23.0 Å². The lowest BCUT2D eigenvalue weighted by Crippen LogP contribution is -2.07. The molecule has 0 radical (unpaired) electrons. The zero-order valence-electron chi connectivity index (χ0n) is 7.26. The first-order valence-electron chi connectivity index (χ1n) is 3.98. The summed E-state index contributed by atoms with van der Waals surface area (Å²) in [5.41, 5.74) is 1.37. The van der Waals surface area contributed by atoms with E-state index in [-0.39, 0.29) is 0 Å². The number of benzene rings is 1. The number of hydrogen-bond donors (Lipinski definition) is 2. The van der Waals surface area contributed by atoms with Crippen molar-refractivity contribution in [1.29, 1.82) is 0 Å². The van der Waals surface area contributed by atoms with E-state index in [4.69, 9.17) is 28.3 Å². The van der Waals surface area contributed by atoms with Gasteiger partial charge in [-0.2, -0.15) is 0 Å². The van der Waals surface area contributed by atoms with Crippen molar-refractivity contribution in [3.63, 3.8) is 0 Å². The number of halogens is 2. The maximum Gasteiger partial charge on any atom is 0.409 e. The third kappa shape index (κ3) is 3.09. The highest BCUT2D eigenvalue weighted by Crippen LogP contribution is 2.21. The Hall–Kier alpha value is -0.930. The number of carboxylic acid groups (broad SMARTS) is 1. The molecule has 0 atom stereocenters. The lowest BCUT2D eigenvalue weighted by molar-refractivity contribution is 0.210. The maximum atomic E-state index is 10.3. The van der Waals surface area contributed by atoms with Gasteiger partial charge in [-0.1, -0.05) is 17.7 Å². The minimum absolute atomic E-state index is 0.459. The van der Waals surface area contributed by atoms with Gasteiger partial charge in [0.15, 0.2) is 0 Å². The number of alkyl halides is 1. The molecule has 1 amide bonds. The number of carbonyl (C=O) groups is 1. The number of anilines is 1. The van der Waals surface area contributed by atoms with E-state index in [9.17, 15) is 4.79 Å². The molecule has 1 rings (SSSR count). The van der Waals surface area contributed by atoms with Gasteiger partial charge < -0.3 is 5.11 Å². The summed E-state index contributed by atoms with van der Waals surface area (Å²) in [6.45, 7) is 0.